The summed E-state index contributed by atoms with van der Waals surface area (Å²) < 4.78 is 0. The van der Waals surface area contributed by atoms with E-state index in [1.807, 2.05) is 0 Å². The molecular formula is C30H66FOP. The molecule has 0 aromatic carbocycles. The topological polar surface area (TPSA) is 20.2 Å². The lowest BCUT2D eigenvalue weighted by molar-refractivity contribution is 0.282. The lowest BCUT2D eigenvalue weighted by atomic mass is 10.0. The first-order valence-corrected chi connectivity index (χ1v) is 15.0. The molecule has 0 saturated heterocycles. The van der Waals surface area contributed by atoms with Crippen molar-refractivity contribution in [2.24, 2.45) is 0 Å². The normalized spacial score (nSPS) is 10.7. The molecule has 0 aliphatic carbocycles. The summed E-state index contributed by atoms with van der Waals surface area (Å²) in [5.74, 6) is 0. The highest BCUT2D eigenvalue weighted by Gasteiger charge is 1.96. The number of rotatable bonds is 28. The van der Waals surface area contributed by atoms with Crippen LogP contribution in [0.1, 0.15) is 187 Å². The molecule has 0 saturated carbocycles. The Kier molecular flexibility index (Phi) is 42.3. The second-order valence-corrected chi connectivity index (χ2v) is 10.3. The van der Waals surface area contributed by atoms with Crippen LogP contribution in [0.5, 0.6) is 0 Å². The second kappa shape index (κ2) is 36.9. The summed E-state index contributed by atoms with van der Waals surface area (Å²) >= 11 is 0. The molecule has 0 amide bonds. The van der Waals surface area contributed by atoms with Gasteiger partial charge >= 0.3 is 0 Å². The van der Waals surface area contributed by atoms with Crippen LogP contribution >= 0.6 is 9.90 Å². The van der Waals surface area contributed by atoms with E-state index in [1.165, 1.54) is 173 Å². The van der Waals surface area contributed by atoms with E-state index in [0.717, 1.165) is 6.42 Å². The van der Waals surface area contributed by atoms with Gasteiger partial charge in [-0.3, -0.25) is 4.70 Å². The molecule has 0 rings (SSSR count). The van der Waals surface area contributed by atoms with Gasteiger partial charge < -0.3 is 5.11 Å². The Morgan fingerprint density at radius 2 is 0.455 bits per heavy atom. The van der Waals surface area contributed by atoms with Crippen LogP contribution in [0.4, 0.5) is 4.70 Å². The maximum absolute atomic E-state index is 8.76. The molecule has 1 atom stereocenters. The van der Waals surface area contributed by atoms with Gasteiger partial charge in [0.1, 0.15) is 0 Å². The minimum atomic E-state index is 0. The highest BCUT2D eigenvalue weighted by Crippen LogP contribution is 2.16. The maximum Gasteiger partial charge on any atom is 0.0431 e. The molecule has 0 fully saturated rings. The Balaban J connectivity index is -0.00000450. The summed E-state index contributed by atoms with van der Waals surface area (Å²) in [5, 5.41) is 8.76. The van der Waals surface area contributed by atoms with Crippen LogP contribution in [-0.4, -0.2) is 11.7 Å². The molecule has 1 unspecified atom stereocenters. The van der Waals surface area contributed by atoms with Crippen LogP contribution in [0.15, 0.2) is 0 Å². The number of aliphatic hydroxyl groups is 1. The Hall–Kier alpha value is 0.320. The predicted octanol–water partition coefficient (Wildman–Crippen LogP) is 11.1. The molecule has 0 aromatic heterocycles. The number of hydrogen-bond donors (Lipinski definition) is 1. The second-order valence-electron chi connectivity index (χ2n) is 10.3. The van der Waals surface area contributed by atoms with Crippen LogP contribution in [0, 0.1) is 0 Å². The van der Waals surface area contributed by atoms with Gasteiger partial charge in [0.25, 0.3) is 0 Å². The maximum atomic E-state index is 8.76. The van der Waals surface area contributed by atoms with Crippen LogP contribution in [0.2, 0.25) is 0 Å². The molecule has 0 aliphatic heterocycles. The van der Waals surface area contributed by atoms with Crippen LogP contribution in [-0.2, 0) is 0 Å². The third-order valence-corrected chi connectivity index (χ3v) is 7.01. The molecule has 0 radical (unpaired) electrons. The SMILES string of the molecule is CCCCCCCCCCCCCCCCCCCCCCCCCCCCCCO.F.P. The van der Waals surface area contributed by atoms with Crippen LogP contribution < -0.4 is 0 Å². The molecule has 0 aromatic rings. The van der Waals surface area contributed by atoms with Gasteiger partial charge in [0.2, 0.25) is 0 Å². The fraction of sp³-hybridized carbons (Fsp3) is 1.00. The van der Waals surface area contributed by atoms with E-state index in [4.69, 9.17) is 5.11 Å². The van der Waals surface area contributed by atoms with E-state index < -0.39 is 0 Å². The van der Waals surface area contributed by atoms with Gasteiger partial charge in [-0.05, 0) is 6.42 Å². The smallest absolute Gasteiger partial charge is 0.0431 e. The number of aliphatic hydroxyl groups excluding tert-OH is 1. The molecule has 0 bridgehead atoms. The van der Waals surface area contributed by atoms with Crippen molar-refractivity contribution >= 4 is 9.90 Å². The monoisotopic (exact) mass is 492 g/mol. The van der Waals surface area contributed by atoms with Gasteiger partial charge in [0.05, 0.1) is 0 Å². The summed E-state index contributed by atoms with van der Waals surface area (Å²) in [7, 11) is 0. The van der Waals surface area contributed by atoms with Crippen molar-refractivity contribution in [3.63, 3.8) is 0 Å². The summed E-state index contributed by atoms with van der Waals surface area (Å²) in [6.45, 7) is 2.68. The quantitative estimate of drug-likeness (QED) is 0.0850. The van der Waals surface area contributed by atoms with E-state index in [0.29, 0.717) is 6.61 Å². The van der Waals surface area contributed by atoms with Crippen molar-refractivity contribution in [1.29, 1.82) is 0 Å². The number of halogens is 1. The summed E-state index contributed by atoms with van der Waals surface area (Å²) in [6.07, 6.45) is 40.1. The summed E-state index contributed by atoms with van der Waals surface area (Å²) in [5.41, 5.74) is 0. The van der Waals surface area contributed by atoms with E-state index in [9.17, 15) is 0 Å². The molecular weight excluding hydrogens is 426 g/mol. The molecule has 0 heterocycles. The van der Waals surface area contributed by atoms with Crippen molar-refractivity contribution < 1.29 is 9.81 Å². The molecule has 0 spiro atoms. The van der Waals surface area contributed by atoms with E-state index in [1.54, 1.807) is 0 Å². The van der Waals surface area contributed by atoms with Gasteiger partial charge in [0, 0.05) is 6.61 Å². The van der Waals surface area contributed by atoms with Gasteiger partial charge in [-0.25, -0.2) is 0 Å². The summed E-state index contributed by atoms with van der Waals surface area (Å²) in [6, 6.07) is 0. The minimum absolute atomic E-state index is 0. The van der Waals surface area contributed by atoms with Crippen LogP contribution in [0.25, 0.3) is 0 Å². The van der Waals surface area contributed by atoms with Crippen LogP contribution in [0.3, 0.4) is 0 Å². The fourth-order valence-corrected chi connectivity index (χ4v) is 4.78. The van der Waals surface area contributed by atoms with Gasteiger partial charge in [-0.1, -0.05) is 180 Å². The zero-order valence-corrected chi connectivity index (χ0v) is 24.5. The third kappa shape index (κ3) is 37.0. The first-order chi connectivity index (χ1) is 15.4. The zero-order chi connectivity index (χ0) is 22.5. The largest absolute Gasteiger partial charge is 0.396 e. The lowest BCUT2D eigenvalue weighted by Crippen LogP contribution is -1.85. The Labute approximate surface area is 213 Å². The Morgan fingerprint density at radius 3 is 0.606 bits per heavy atom. The first kappa shape index (κ1) is 37.9. The Bertz CT molecular complexity index is 273. The number of unbranched alkanes of at least 4 members (excludes halogenated alkanes) is 27. The zero-order valence-electron chi connectivity index (χ0n) is 23.1. The van der Waals surface area contributed by atoms with E-state index >= 15 is 0 Å². The van der Waals surface area contributed by atoms with E-state index in [-0.39, 0.29) is 14.6 Å². The standard InChI is InChI=1S/C30H62O.FH.H3P/c1-2-3-4-5-6-7-8-9-10-11-12-13-14-15-16-17-18-19-20-21-22-23-24-25-26-27-28-29-30-31;;/h31H,2-30H2,1H3;1H;1H3. The van der Waals surface area contributed by atoms with Crippen molar-refractivity contribution in [1.82, 2.24) is 0 Å². The van der Waals surface area contributed by atoms with Crippen molar-refractivity contribution in [3.8, 4) is 0 Å². The van der Waals surface area contributed by atoms with E-state index in [2.05, 4.69) is 6.92 Å². The molecule has 1 nitrogen and oxygen atoms in total. The van der Waals surface area contributed by atoms with Crippen molar-refractivity contribution in [3.05, 3.63) is 0 Å². The predicted molar refractivity (Wildman–Crippen MR) is 156 cm³/mol. The molecule has 1 N–H and O–H groups in total. The summed E-state index contributed by atoms with van der Waals surface area (Å²) in [4.78, 5) is 0. The van der Waals surface area contributed by atoms with Gasteiger partial charge in [-0.2, -0.15) is 9.90 Å². The minimum Gasteiger partial charge on any atom is -0.396 e. The highest BCUT2D eigenvalue weighted by molar-refractivity contribution is 6.92. The van der Waals surface area contributed by atoms with Crippen molar-refractivity contribution in [2.75, 3.05) is 6.61 Å². The first-order valence-electron chi connectivity index (χ1n) is 15.0. The van der Waals surface area contributed by atoms with Crippen molar-refractivity contribution in [2.45, 2.75) is 187 Å². The molecule has 3 heteroatoms. The molecule has 0 aliphatic rings. The molecule has 33 heavy (non-hydrogen) atoms. The third-order valence-electron chi connectivity index (χ3n) is 7.01. The lowest BCUT2D eigenvalue weighted by Gasteiger charge is -2.04. The average Bonchev–Trinajstić information content (AvgIpc) is 2.78. The van der Waals surface area contributed by atoms with Gasteiger partial charge in [-0.15, -0.1) is 0 Å². The average molecular weight is 493 g/mol. The molecule has 204 valence electrons. The fourth-order valence-electron chi connectivity index (χ4n) is 4.78. The highest BCUT2D eigenvalue weighted by atomic mass is 31.0. The van der Waals surface area contributed by atoms with Gasteiger partial charge in [0.15, 0.2) is 0 Å². The number of hydrogen-bond acceptors (Lipinski definition) is 1. The Morgan fingerprint density at radius 1 is 0.303 bits per heavy atom.